The van der Waals surface area contributed by atoms with Crippen LogP contribution in [0.4, 0.5) is 5.82 Å². The monoisotopic (exact) mass is 328 g/mol. The number of hydrazine groups is 1. The Kier molecular flexibility index (Phi) is 4.57. The predicted molar refractivity (Wildman–Crippen MR) is 94.5 cm³/mol. The molecule has 2 aromatic rings. The van der Waals surface area contributed by atoms with Crippen LogP contribution in [0.3, 0.4) is 0 Å². The third-order valence-electron chi connectivity index (χ3n) is 4.86. The number of amides is 2. The van der Waals surface area contributed by atoms with Crippen LogP contribution in [0.5, 0.6) is 0 Å². The summed E-state index contributed by atoms with van der Waals surface area (Å²) in [6.07, 6.45) is 5.99. The molecule has 1 aromatic heterocycles. The van der Waals surface area contributed by atoms with Gasteiger partial charge in [-0.1, -0.05) is 32.3 Å². The summed E-state index contributed by atoms with van der Waals surface area (Å²) in [7, 11) is 0. The van der Waals surface area contributed by atoms with Gasteiger partial charge >= 0.3 is 0 Å². The number of aromatic nitrogens is 1. The molecule has 2 amide bonds. The molecule has 1 aliphatic rings. The number of nitrogens with zero attached hydrogens (tertiary/aromatic N) is 2. The van der Waals surface area contributed by atoms with Crippen LogP contribution >= 0.6 is 0 Å². The molecule has 1 fully saturated rings. The Morgan fingerprint density at radius 3 is 2.54 bits per heavy atom. The van der Waals surface area contributed by atoms with Gasteiger partial charge in [0, 0.05) is 23.4 Å². The summed E-state index contributed by atoms with van der Waals surface area (Å²) >= 11 is 0. The van der Waals surface area contributed by atoms with E-state index in [1.54, 1.807) is 19.1 Å². The zero-order chi connectivity index (χ0) is 17.3. The molecular weight excluding hydrogens is 304 g/mol. The van der Waals surface area contributed by atoms with Crippen molar-refractivity contribution < 1.29 is 9.59 Å². The van der Waals surface area contributed by atoms with Gasteiger partial charge in [0.05, 0.1) is 5.52 Å². The maximum absolute atomic E-state index is 12.1. The van der Waals surface area contributed by atoms with Crippen molar-refractivity contribution in [3.63, 3.8) is 0 Å². The summed E-state index contributed by atoms with van der Waals surface area (Å²) < 4.78 is 2.12. The van der Waals surface area contributed by atoms with E-state index in [0.717, 1.165) is 36.6 Å². The van der Waals surface area contributed by atoms with Gasteiger partial charge in [-0.2, -0.15) is 0 Å². The molecule has 24 heavy (non-hydrogen) atoms. The highest BCUT2D eigenvalue weighted by molar-refractivity contribution is 6.00. The smallest absolute Gasteiger partial charge is 0.248 e. The minimum atomic E-state index is -0.455. The van der Waals surface area contributed by atoms with Crippen molar-refractivity contribution in [1.29, 1.82) is 0 Å². The summed E-state index contributed by atoms with van der Waals surface area (Å²) in [4.78, 5) is 23.7. The van der Waals surface area contributed by atoms with E-state index in [1.807, 2.05) is 12.1 Å². The molecule has 3 rings (SSSR count). The minimum absolute atomic E-state index is 0.134. The van der Waals surface area contributed by atoms with E-state index in [1.165, 1.54) is 11.4 Å². The molecule has 1 saturated carbocycles. The van der Waals surface area contributed by atoms with Gasteiger partial charge in [0.25, 0.3) is 0 Å². The molecule has 0 spiro atoms. The van der Waals surface area contributed by atoms with E-state index in [4.69, 9.17) is 11.6 Å². The van der Waals surface area contributed by atoms with Crippen LogP contribution < -0.4 is 16.6 Å². The largest absolute Gasteiger partial charge is 0.366 e. The number of carbonyl (C=O) groups excluding carboxylic acids is 2. The summed E-state index contributed by atoms with van der Waals surface area (Å²) in [6, 6.07) is 7.58. The van der Waals surface area contributed by atoms with Crippen LogP contribution in [0.2, 0.25) is 0 Å². The molecule has 6 nitrogen and oxygen atoms in total. The van der Waals surface area contributed by atoms with E-state index >= 15 is 0 Å². The lowest BCUT2D eigenvalue weighted by Crippen LogP contribution is -2.39. The topological polar surface area (TPSA) is 94.3 Å². The van der Waals surface area contributed by atoms with Crippen LogP contribution in [0.1, 0.15) is 61.8 Å². The van der Waals surface area contributed by atoms with Gasteiger partial charge in [-0.05, 0) is 31.0 Å². The lowest BCUT2D eigenvalue weighted by Gasteiger charge is -2.28. The summed E-state index contributed by atoms with van der Waals surface area (Å²) in [6.45, 7) is 1.79. The lowest BCUT2D eigenvalue weighted by atomic mass is 9.95. The number of carbonyl (C=O) groups is 2. The highest BCUT2D eigenvalue weighted by atomic mass is 16.2. The Balaban J connectivity index is 2.18. The SMILES string of the molecule is CCC(=O)N(N)c1cc2ccc(C(N)=O)cc2n1C1CCCCC1. The van der Waals surface area contributed by atoms with Gasteiger partial charge in [0.1, 0.15) is 5.82 Å². The van der Waals surface area contributed by atoms with E-state index in [0.29, 0.717) is 17.8 Å². The average Bonchev–Trinajstić information content (AvgIpc) is 2.99. The van der Waals surface area contributed by atoms with Crippen molar-refractivity contribution in [1.82, 2.24) is 4.57 Å². The molecule has 1 heterocycles. The molecular formula is C18H24N4O2. The predicted octanol–water partition coefficient (Wildman–Crippen LogP) is 2.86. The summed E-state index contributed by atoms with van der Waals surface area (Å²) in [5.74, 6) is 6.19. The Morgan fingerprint density at radius 2 is 1.92 bits per heavy atom. The quantitative estimate of drug-likeness (QED) is 0.513. The van der Waals surface area contributed by atoms with E-state index in [2.05, 4.69) is 4.57 Å². The second-order valence-corrected chi connectivity index (χ2v) is 6.42. The third kappa shape index (κ3) is 2.89. The van der Waals surface area contributed by atoms with E-state index < -0.39 is 5.91 Å². The van der Waals surface area contributed by atoms with Gasteiger partial charge in [0.2, 0.25) is 11.8 Å². The Bertz CT molecular complexity index is 775. The second kappa shape index (κ2) is 6.65. The zero-order valence-electron chi connectivity index (χ0n) is 14.0. The molecule has 0 radical (unpaired) electrons. The minimum Gasteiger partial charge on any atom is -0.366 e. The van der Waals surface area contributed by atoms with Gasteiger partial charge in [-0.15, -0.1) is 0 Å². The number of anilines is 1. The normalized spacial score (nSPS) is 15.6. The maximum atomic E-state index is 12.1. The number of hydrogen-bond acceptors (Lipinski definition) is 3. The number of rotatable bonds is 4. The lowest BCUT2D eigenvalue weighted by molar-refractivity contribution is -0.118. The Hall–Kier alpha value is -2.34. The fourth-order valence-electron chi connectivity index (χ4n) is 3.57. The number of primary amides is 1. The van der Waals surface area contributed by atoms with E-state index in [-0.39, 0.29) is 11.9 Å². The molecule has 0 bridgehead atoms. The van der Waals surface area contributed by atoms with Gasteiger partial charge < -0.3 is 10.3 Å². The standard InChI is InChI=1S/C18H24N4O2/c1-2-17(23)22(20)16-11-12-8-9-13(18(19)24)10-15(12)21(16)14-6-4-3-5-7-14/h8-11,14H,2-7,20H2,1H3,(H2,19,24). The molecule has 0 atom stereocenters. The van der Waals surface area contributed by atoms with Gasteiger partial charge in [-0.3, -0.25) is 9.59 Å². The first-order valence-electron chi connectivity index (χ1n) is 8.55. The molecule has 128 valence electrons. The first-order valence-corrected chi connectivity index (χ1v) is 8.55. The molecule has 1 aliphatic carbocycles. The van der Waals surface area contributed by atoms with Crippen LogP contribution in [-0.2, 0) is 4.79 Å². The number of benzene rings is 1. The second-order valence-electron chi connectivity index (χ2n) is 6.42. The first-order chi connectivity index (χ1) is 11.5. The Labute approximate surface area is 141 Å². The molecule has 0 saturated heterocycles. The summed E-state index contributed by atoms with van der Waals surface area (Å²) in [5.41, 5.74) is 6.81. The number of fused-ring (bicyclic) bond motifs is 1. The van der Waals surface area contributed by atoms with Crippen LogP contribution in [0.25, 0.3) is 10.9 Å². The highest BCUT2D eigenvalue weighted by Gasteiger charge is 2.24. The molecule has 4 N–H and O–H groups in total. The van der Waals surface area contributed by atoms with E-state index in [9.17, 15) is 9.59 Å². The first kappa shape index (κ1) is 16.5. The molecule has 1 aromatic carbocycles. The van der Waals surface area contributed by atoms with Crippen LogP contribution in [-0.4, -0.2) is 16.4 Å². The fourth-order valence-corrected chi connectivity index (χ4v) is 3.57. The number of nitrogens with two attached hydrogens (primary N) is 2. The molecule has 0 unspecified atom stereocenters. The third-order valence-corrected chi connectivity index (χ3v) is 4.86. The zero-order valence-corrected chi connectivity index (χ0v) is 14.0. The van der Waals surface area contributed by atoms with Crippen molar-refractivity contribution in [3.05, 3.63) is 29.8 Å². The average molecular weight is 328 g/mol. The summed E-state index contributed by atoms with van der Waals surface area (Å²) in [5, 5.41) is 2.19. The van der Waals surface area contributed by atoms with Crippen molar-refractivity contribution in [2.45, 2.75) is 51.5 Å². The van der Waals surface area contributed by atoms with Crippen LogP contribution in [0.15, 0.2) is 24.3 Å². The maximum Gasteiger partial charge on any atom is 0.248 e. The molecule has 6 heteroatoms. The van der Waals surface area contributed by atoms with Crippen LogP contribution in [0, 0.1) is 0 Å². The van der Waals surface area contributed by atoms with Crippen molar-refractivity contribution in [3.8, 4) is 0 Å². The van der Waals surface area contributed by atoms with Crippen molar-refractivity contribution >= 4 is 28.5 Å². The van der Waals surface area contributed by atoms with Crippen molar-refractivity contribution in [2.24, 2.45) is 11.6 Å². The van der Waals surface area contributed by atoms with Crippen molar-refractivity contribution in [2.75, 3.05) is 5.01 Å². The fraction of sp³-hybridized carbons (Fsp3) is 0.444. The highest BCUT2D eigenvalue weighted by Crippen LogP contribution is 2.37. The van der Waals surface area contributed by atoms with Gasteiger partial charge in [-0.25, -0.2) is 10.9 Å². The molecule has 0 aliphatic heterocycles. The Morgan fingerprint density at radius 1 is 1.21 bits per heavy atom. The number of hydrogen-bond donors (Lipinski definition) is 2. The van der Waals surface area contributed by atoms with Gasteiger partial charge in [0.15, 0.2) is 0 Å².